The summed E-state index contributed by atoms with van der Waals surface area (Å²) in [6, 6.07) is 59.3. The second kappa shape index (κ2) is 10.6. The zero-order valence-electron chi connectivity index (χ0n) is 25.4. The lowest BCUT2D eigenvalue weighted by Gasteiger charge is -2.34. The van der Waals surface area contributed by atoms with Crippen molar-refractivity contribution in [3.8, 4) is 33.4 Å². The number of rotatable bonds is 5. The minimum Gasteiger partial charge on any atom is -0.319 e. The summed E-state index contributed by atoms with van der Waals surface area (Å²) in [4.78, 5) is 0. The molecule has 0 aromatic heterocycles. The fourth-order valence-electron chi connectivity index (χ4n) is 7.39. The van der Waals surface area contributed by atoms with Crippen LogP contribution in [0.5, 0.6) is 0 Å². The largest absolute Gasteiger partial charge is 0.319 e. The van der Waals surface area contributed by atoms with Crippen LogP contribution >= 0.6 is 7.14 Å². The summed E-state index contributed by atoms with van der Waals surface area (Å²) in [7, 11) is -2.29. The van der Waals surface area contributed by atoms with Gasteiger partial charge in [-0.1, -0.05) is 164 Å². The maximum Gasteiger partial charge on any atom is 0.109 e. The van der Waals surface area contributed by atoms with Crippen LogP contribution in [0, 0.1) is 0 Å². The fourth-order valence-corrected chi connectivity index (χ4v) is 8.26. The topological polar surface area (TPSA) is 17.1 Å². The van der Waals surface area contributed by atoms with Crippen molar-refractivity contribution in [1.82, 2.24) is 0 Å². The van der Waals surface area contributed by atoms with E-state index in [4.69, 9.17) is 0 Å². The first kappa shape index (κ1) is 27.6. The summed E-state index contributed by atoms with van der Waals surface area (Å²) >= 11 is 0. The number of hydrogen-bond donors (Lipinski definition) is 0. The standard InChI is InChI=1S/C43H33OP/c1-45(2,44)36-27-24-31(25-28-36)30-20-22-33(23-21-30)38-18-11-19-39-41(38)42-37-17-10-9-12-32(37)26-29-40(42)43(39,34-13-5-3-6-14-34)35-15-7-4-8-16-35/h3-29H,1-2H3. The Labute approximate surface area is 265 Å². The number of hydrogen-bond acceptors (Lipinski definition) is 1. The highest BCUT2D eigenvalue weighted by Gasteiger charge is 2.47. The molecule has 0 saturated carbocycles. The molecular formula is C43H33OP. The first-order chi connectivity index (χ1) is 22.0. The number of fused-ring (bicyclic) bond motifs is 5. The molecule has 7 aromatic rings. The van der Waals surface area contributed by atoms with Gasteiger partial charge in [-0.15, -0.1) is 0 Å². The molecule has 0 saturated heterocycles. The third kappa shape index (κ3) is 4.34. The van der Waals surface area contributed by atoms with Gasteiger partial charge >= 0.3 is 0 Å². The molecule has 0 atom stereocenters. The van der Waals surface area contributed by atoms with Crippen molar-refractivity contribution in [3.63, 3.8) is 0 Å². The van der Waals surface area contributed by atoms with Crippen molar-refractivity contribution in [1.29, 1.82) is 0 Å². The summed E-state index contributed by atoms with van der Waals surface area (Å²) in [5, 5.41) is 3.43. The minimum atomic E-state index is -2.29. The second-order valence-corrected chi connectivity index (χ2v) is 15.6. The van der Waals surface area contributed by atoms with E-state index in [-0.39, 0.29) is 0 Å². The van der Waals surface area contributed by atoms with Crippen molar-refractivity contribution in [2.75, 3.05) is 13.3 Å². The Bertz CT molecular complexity index is 2190. The van der Waals surface area contributed by atoms with Gasteiger partial charge in [-0.25, -0.2) is 0 Å². The average molecular weight is 597 g/mol. The molecule has 7 aromatic carbocycles. The first-order valence-electron chi connectivity index (χ1n) is 15.5. The van der Waals surface area contributed by atoms with E-state index in [0.29, 0.717) is 0 Å². The molecule has 45 heavy (non-hydrogen) atoms. The Balaban J connectivity index is 1.38. The van der Waals surface area contributed by atoms with Crippen molar-refractivity contribution < 1.29 is 4.57 Å². The van der Waals surface area contributed by atoms with E-state index >= 15 is 0 Å². The molecule has 1 aliphatic carbocycles. The van der Waals surface area contributed by atoms with Gasteiger partial charge in [0.15, 0.2) is 0 Å². The van der Waals surface area contributed by atoms with E-state index in [1.165, 1.54) is 55.3 Å². The van der Waals surface area contributed by atoms with Gasteiger partial charge in [0.25, 0.3) is 0 Å². The van der Waals surface area contributed by atoms with Gasteiger partial charge in [0.1, 0.15) is 7.14 Å². The molecule has 0 bridgehead atoms. The van der Waals surface area contributed by atoms with E-state index < -0.39 is 12.6 Å². The average Bonchev–Trinajstić information content (AvgIpc) is 3.41. The van der Waals surface area contributed by atoms with Crippen LogP contribution in [0.4, 0.5) is 0 Å². The number of benzene rings is 7. The zero-order valence-corrected chi connectivity index (χ0v) is 26.3. The van der Waals surface area contributed by atoms with E-state index in [9.17, 15) is 4.57 Å². The van der Waals surface area contributed by atoms with Gasteiger partial charge in [-0.3, -0.25) is 0 Å². The quantitative estimate of drug-likeness (QED) is 0.181. The van der Waals surface area contributed by atoms with Crippen LogP contribution in [-0.4, -0.2) is 13.3 Å². The molecule has 8 rings (SSSR count). The van der Waals surface area contributed by atoms with Gasteiger partial charge in [0, 0.05) is 5.30 Å². The highest BCUT2D eigenvalue weighted by atomic mass is 31.2. The Kier molecular flexibility index (Phi) is 6.48. The molecule has 216 valence electrons. The molecule has 0 amide bonds. The lowest BCUT2D eigenvalue weighted by Crippen LogP contribution is -2.28. The van der Waals surface area contributed by atoms with Crippen LogP contribution in [0.1, 0.15) is 22.3 Å². The predicted octanol–water partition coefficient (Wildman–Crippen LogP) is 10.8. The molecule has 2 heteroatoms. The van der Waals surface area contributed by atoms with Gasteiger partial charge < -0.3 is 4.57 Å². The Morgan fingerprint density at radius 1 is 0.444 bits per heavy atom. The van der Waals surface area contributed by atoms with Gasteiger partial charge in [0.05, 0.1) is 5.41 Å². The van der Waals surface area contributed by atoms with Crippen LogP contribution in [0.25, 0.3) is 44.2 Å². The van der Waals surface area contributed by atoms with Gasteiger partial charge in [-0.05, 0) is 79.7 Å². The van der Waals surface area contributed by atoms with E-state index in [1.54, 1.807) is 0 Å². The van der Waals surface area contributed by atoms with Crippen LogP contribution < -0.4 is 5.30 Å². The van der Waals surface area contributed by atoms with Crippen molar-refractivity contribution >= 4 is 23.2 Å². The van der Waals surface area contributed by atoms with Crippen molar-refractivity contribution in [3.05, 3.63) is 186 Å². The SMILES string of the molecule is CP(C)(=O)c1ccc(-c2ccc(-c3cccc4c3-c3c(ccc5ccccc35)C4(c3ccccc3)c3ccccc3)cc2)cc1. The molecule has 1 nitrogen and oxygen atoms in total. The molecule has 0 aliphatic heterocycles. The van der Waals surface area contributed by atoms with Crippen LogP contribution in [0.15, 0.2) is 164 Å². The van der Waals surface area contributed by atoms with Crippen LogP contribution in [0.3, 0.4) is 0 Å². The normalized spacial score (nSPS) is 13.4. The highest BCUT2D eigenvalue weighted by molar-refractivity contribution is 7.70. The lowest BCUT2D eigenvalue weighted by atomic mass is 9.67. The van der Waals surface area contributed by atoms with Gasteiger partial charge in [0.2, 0.25) is 0 Å². The summed E-state index contributed by atoms with van der Waals surface area (Å²) in [6.45, 7) is 3.64. The molecule has 0 N–H and O–H groups in total. The first-order valence-corrected chi connectivity index (χ1v) is 18.1. The Hall–Kier alpha value is -4.97. The van der Waals surface area contributed by atoms with E-state index in [2.05, 4.69) is 152 Å². The fraction of sp³-hybridized carbons (Fsp3) is 0.0698. The van der Waals surface area contributed by atoms with Crippen LogP contribution in [-0.2, 0) is 9.98 Å². The summed E-state index contributed by atoms with van der Waals surface area (Å²) < 4.78 is 12.6. The molecule has 0 heterocycles. The Morgan fingerprint density at radius 2 is 0.978 bits per heavy atom. The lowest BCUT2D eigenvalue weighted by molar-refractivity contribution is 0.588. The zero-order chi connectivity index (χ0) is 30.6. The molecule has 0 spiro atoms. The van der Waals surface area contributed by atoms with Gasteiger partial charge in [-0.2, -0.15) is 0 Å². The molecular weight excluding hydrogens is 563 g/mol. The summed E-state index contributed by atoms with van der Waals surface area (Å²) in [5.74, 6) is 0. The molecule has 0 unspecified atom stereocenters. The van der Waals surface area contributed by atoms with E-state index in [0.717, 1.165) is 16.4 Å². The maximum atomic E-state index is 12.6. The predicted molar refractivity (Wildman–Crippen MR) is 191 cm³/mol. The monoisotopic (exact) mass is 596 g/mol. The second-order valence-electron chi connectivity index (χ2n) is 12.4. The molecule has 0 fully saturated rings. The maximum absolute atomic E-state index is 12.6. The Morgan fingerprint density at radius 3 is 1.60 bits per heavy atom. The minimum absolute atomic E-state index is 0.451. The highest BCUT2D eigenvalue weighted by Crippen LogP contribution is 2.59. The smallest absolute Gasteiger partial charge is 0.109 e. The summed E-state index contributed by atoms with van der Waals surface area (Å²) in [5.41, 5.74) is 12.0. The van der Waals surface area contributed by atoms with Crippen molar-refractivity contribution in [2.45, 2.75) is 5.41 Å². The van der Waals surface area contributed by atoms with E-state index in [1.807, 2.05) is 25.5 Å². The third-order valence-corrected chi connectivity index (χ3v) is 11.0. The van der Waals surface area contributed by atoms with Crippen LogP contribution in [0.2, 0.25) is 0 Å². The third-order valence-electron chi connectivity index (χ3n) is 9.48. The summed E-state index contributed by atoms with van der Waals surface area (Å²) in [6.07, 6.45) is 0. The molecule has 0 radical (unpaired) electrons. The molecule has 1 aliphatic rings. The van der Waals surface area contributed by atoms with Crippen molar-refractivity contribution in [2.24, 2.45) is 0 Å².